The van der Waals surface area contributed by atoms with Gasteiger partial charge >= 0.3 is 0 Å². The summed E-state index contributed by atoms with van der Waals surface area (Å²) in [5.74, 6) is 2.55. The molecule has 1 fully saturated rings. The first kappa shape index (κ1) is 13.9. The highest BCUT2D eigenvalue weighted by Crippen LogP contribution is 2.31. The summed E-state index contributed by atoms with van der Waals surface area (Å²) in [6, 6.07) is 9.53. The molecule has 1 aromatic rings. The lowest BCUT2D eigenvalue weighted by Crippen LogP contribution is -2.20. The van der Waals surface area contributed by atoms with E-state index in [-0.39, 0.29) is 0 Å². The predicted molar refractivity (Wildman–Crippen MR) is 77.0 cm³/mol. The number of nitrogens with zero attached hydrogens (tertiary/aromatic N) is 1. The van der Waals surface area contributed by atoms with Gasteiger partial charge in [0, 0.05) is 0 Å². The minimum Gasteiger partial charge on any atom is -0.493 e. The standard InChI is InChI=1S/C17H23NO/c1-2-3-14-4-6-16(7-5-14)13-19-17-10-8-15(12-18)9-11-17/h8-11,14,16H,2-7,13H2,1H3/t14-,16-. The molecular weight excluding hydrogens is 234 g/mol. The molecule has 0 amide bonds. The van der Waals surface area contributed by atoms with E-state index < -0.39 is 0 Å². The number of hydrogen-bond donors (Lipinski definition) is 0. The van der Waals surface area contributed by atoms with Crippen LogP contribution in [0.25, 0.3) is 0 Å². The highest BCUT2D eigenvalue weighted by Gasteiger charge is 2.20. The normalized spacial score (nSPS) is 22.7. The minimum atomic E-state index is 0.687. The van der Waals surface area contributed by atoms with Crippen molar-refractivity contribution in [1.29, 1.82) is 5.26 Å². The maximum absolute atomic E-state index is 8.74. The molecule has 19 heavy (non-hydrogen) atoms. The van der Waals surface area contributed by atoms with E-state index in [0.29, 0.717) is 11.5 Å². The summed E-state index contributed by atoms with van der Waals surface area (Å²) >= 11 is 0. The number of nitriles is 1. The van der Waals surface area contributed by atoms with Crippen molar-refractivity contribution in [2.24, 2.45) is 11.8 Å². The average Bonchev–Trinajstić information content (AvgIpc) is 2.47. The molecule has 1 aliphatic carbocycles. The van der Waals surface area contributed by atoms with Crippen LogP contribution in [0, 0.1) is 23.2 Å². The van der Waals surface area contributed by atoms with Gasteiger partial charge in [-0.3, -0.25) is 0 Å². The van der Waals surface area contributed by atoms with Gasteiger partial charge in [0.05, 0.1) is 18.2 Å². The van der Waals surface area contributed by atoms with E-state index in [4.69, 9.17) is 10.00 Å². The largest absolute Gasteiger partial charge is 0.493 e. The minimum absolute atomic E-state index is 0.687. The fourth-order valence-electron chi connectivity index (χ4n) is 2.93. The molecule has 0 unspecified atom stereocenters. The SMILES string of the molecule is CCC[C@H]1CC[C@H](COc2ccc(C#N)cc2)CC1. The maximum Gasteiger partial charge on any atom is 0.119 e. The molecule has 2 heteroatoms. The van der Waals surface area contributed by atoms with Crippen LogP contribution in [-0.4, -0.2) is 6.61 Å². The van der Waals surface area contributed by atoms with Crippen molar-refractivity contribution in [2.75, 3.05) is 6.61 Å². The molecule has 0 spiro atoms. The summed E-state index contributed by atoms with van der Waals surface area (Å²) in [6.45, 7) is 3.10. The third-order valence-electron chi connectivity index (χ3n) is 4.13. The van der Waals surface area contributed by atoms with Gasteiger partial charge in [-0.05, 0) is 48.9 Å². The monoisotopic (exact) mass is 257 g/mol. The summed E-state index contributed by atoms with van der Waals surface area (Å²) < 4.78 is 5.83. The molecule has 0 N–H and O–H groups in total. The average molecular weight is 257 g/mol. The summed E-state index contributed by atoms with van der Waals surface area (Å²) in [7, 11) is 0. The van der Waals surface area contributed by atoms with Crippen LogP contribution in [0.3, 0.4) is 0 Å². The van der Waals surface area contributed by atoms with Crippen molar-refractivity contribution >= 4 is 0 Å². The Balaban J connectivity index is 1.73. The van der Waals surface area contributed by atoms with Gasteiger partial charge in [-0.2, -0.15) is 5.26 Å². The third-order valence-corrected chi connectivity index (χ3v) is 4.13. The summed E-state index contributed by atoms with van der Waals surface area (Å²) in [5.41, 5.74) is 0.687. The highest BCUT2D eigenvalue weighted by atomic mass is 16.5. The smallest absolute Gasteiger partial charge is 0.119 e. The van der Waals surface area contributed by atoms with Crippen LogP contribution >= 0.6 is 0 Å². The second-order valence-corrected chi connectivity index (χ2v) is 5.62. The predicted octanol–water partition coefficient (Wildman–Crippen LogP) is 4.54. The van der Waals surface area contributed by atoms with Gasteiger partial charge in [-0.15, -0.1) is 0 Å². The quantitative estimate of drug-likeness (QED) is 0.775. The highest BCUT2D eigenvalue weighted by molar-refractivity contribution is 5.34. The van der Waals surface area contributed by atoms with Crippen LogP contribution in [-0.2, 0) is 0 Å². The first-order valence-corrected chi connectivity index (χ1v) is 7.44. The van der Waals surface area contributed by atoms with Crippen LogP contribution in [0.4, 0.5) is 0 Å². The van der Waals surface area contributed by atoms with Gasteiger partial charge in [-0.1, -0.05) is 32.6 Å². The van der Waals surface area contributed by atoms with Crippen molar-refractivity contribution in [3.8, 4) is 11.8 Å². The van der Waals surface area contributed by atoms with Crippen LogP contribution in [0.2, 0.25) is 0 Å². The zero-order chi connectivity index (χ0) is 13.5. The zero-order valence-corrected chi connectivity index (χ0v) is 11.8. The van der Waals surface area contributed by atoms with E-state index in [2.05, 4.69) is 13.0 Å². The molecule has 0 saturated heterocycles. The Bertz CT molecular complexity index is 410. The van der Waals surface area contributed by atoms with E-state index in [1.807, 2.05) is 24.3 Å². The first-order valence-electron chi connectivity index (χ1n) is 7.44. The Morgan fingerprint density at radius 2 is 1.74 bits per heavy atom. The molecule has 0 aromatic heterocycles. The summed E-state index contributed by atoms with van der Waals surface area (Å²) in [4.78, 5) is 0. The fraction of sp³-hybridized carbons (Fsp3) is 0.588. The molecule has 0 atom stereocenters. The van der Waals surface area contributed by atoms with Gasteiger partial charge < -0.3 is 4.74 Å². The van der Waals surface area contributed by atoms with Crippen molar-refractivity contribution in [3.63, 3.8) is 0 Å². The van der Waals surface area contributed by atoms with Crippen molar-refractivity contribution in [1.82, 2.24) is 0 Å². The fourth-order valence-corrected chi connectivity index (χ4v) is 2.93. The lowest BCUT2D eigenvalue weighted by molar-refractivity contribution is 0.178. The lowest BCUT2D eigenvalue weighted by atomic mass is 9.80. The summed E-state index contributed by atoms with van der Waals surface area (Å²) in [5, 5.41) is 8.74. The van der Waals surface area contributed by atoms with Gasteiger partial charge in [0.25, 0.3) is 0 Å². The Morgan fingerprint density at radius 1 is 1.11 bits per heavy atom. The number of ether oxygens (including phenoxy) is 1. The second-order valence-electron chi connectivity index (χ2n) is 5.62. The molecule has 102 valence electrons. The van der Waals surface area contributed by atoms with Gasteiger partial charge in [-0.25, -0.2) is 0 Å². The van der Waals surface area contributed by atoms with Gasteiger partial charge in [0.15, 0.2) is 0 Å². The Labute approximate surface area is 116 Å². The van der Waals surface area contributed by atoms with Crippen LogP contribution < -0.4 is 4.74 Å². The van der Waals surface area contributed by atoms with Gasteiger partial charge in [0.2, 0.25) is 0 Å². The van der Waals surface area contributed by atoms with E-state index >= 15 is 0 Å². The number of hydrogen-bond acceptors (Lipinski definition) is 2. The molecule has 2 nitrogen and oxygen atoms in total. The molecular formula is C17H23NO. The lowest BCUT2D eigenvalue weighted by Gasteiger charge is -2.28. The molecule has 2 rings (SSSR count). The maximum atomic E-state index is 8.74. The first-order chi connectivity index (χ1) is 9.31. The molecule has 1 aliphatic rings. The van der Waals surface area contributed by atoms with Crippen LogP contribution in [0.5, 0.6) is 5.75 Å². The van der Waals surface area contributed by atoms with E-state index in [9.17, 15) is 0 Å². The van der Waals surface area contributed by atoms with Crippen LogP contribution in [0.15, 0.2) is 24.3 Å². The topological polar surface area (TPSA) is 33.0 Å². The molecule has 1 aromatic carbocycles. The second kappa shape index (κ2) is 7.19. The van der Waals surface area contributed by atoms with Crippen molar-refractivity contribution in [2.45, 2.75) is 45.4 Å². The van der Waals surface area contributed by atoms with Crippen LogP contribution in [0.1, 0.15) is 51.0 Å². The Hall–Kier alpha value is -1.49. The molecule has 1 saturated carbocycles. The summed E-state index contributed by atoms with van der Waals surface area (Å²) in [6.07, 6.45) is 8.06. The van der Waals surface area contributed by atoms with Crippen molar-refractivity contribution < 1.29 is 4.74 Å². The van der Waals surface area contributed by atoms with Gasteiger partial charge in [0.1, 0.15) is 5.75 Å². The Kier molecular flexibility index (Phi) is 5.27. The Morgan fingerprint density at radius 3 is 2.32 bits per heavy atom. The third kappa shape index (κ3) is 4.28. The molecule has 0 heterocycles. The number of rotatable bonds is 5. The molecule has 0 bridgehead atoms. The van der Waals surface area contributed by atoms with E-state index in [0.717, 1.165) is 18.3 Å². The number of benzene rings is 1. The zero-order valence-electron chi connectivity index (χ0n) is 11.8. The van der Waals surface area contributed by atoms with E-state index in [1.54, 1.807) is 0 Å². The van der Waals surface area contributed by atoms with E-state index in [1.165, 1.54) is 38.5 Å². The molecule has 0 aliphatic heterocycles. The molecule has 0 radical (unpaired) electrons. The van der Waals surface area contributed by atoms with Crippen molar-refractivity contribution in [3.05, 3.63) is 29.8 Å².